The van der Waals surface area contributed by atoms with Gasteiger partial charge >= 0.3 is 0 Å². The fourth-order valence-electron chi connectivity index (χ4n) is 5.28. The molecule has 2 aromatic rings. The minimum absolute atomic E-state index is 0.117. The molecule has 0 amide bonds. The van der Waals surface area contributed by atoms with Gasteiger partial charge in [0.2, 0.25) is 0 Å². The van der Waals surface area contributed by atoms with Crippen molar-refractivity contribution in [1.29, 1.82) is 0 Å². The lowest BCUT2D eigenvalue weighted by Gasteiger charge is -2.29. The molecule has 0 heterocycles. The van der Waals surface area contributed by atoms with Gasteiger partial charge in [0, 0.05) is 5.56 Å². The van der Waals surface area contributed by atoms with E-state index in [9.17, 15) is 4.39 Å². The van der Waals surface area contributed by atoms with Crippen molar-refractivity contribution in [3.8, 4) is 0 Å². The first-order valence-electron chi connectivity index (χ1n) is 11.5. The lowest BCUT2D eigenvalue weighted by molar-refractivity contribution is 0.298. The highest BCUT2D eigenvalue weighted by molar-refractivity contribution is 5.71. The molecule has 4 rings (SSSR count). The number of unbranched alkanes of at least 4 members (excludes halogenated alkanes) is 2. The summed E-state index contributed by atoms with van der Waals surface area (Å²) >= 11 is 0. The van der Waals surface area contributed by atoms with Gasteiger partial charge in [-0.3, -0.25) is 0 Å². The summed E-state index contributed by atoms with van der Waals surface area (Å²) in [6.45, 7) is 2.22. The summed E-state index contributed by atoms with van der Waals surface area (Å²) in [5.74, 6) is -0.800. The maximum atomic E-state index is 15.0. The zero-order chi connectivity index (χ0) is 21.1. The number of hydrogen-bond donors (Lipinski definition) is 0. The van der Waals surface area contributed by atoms with E-state index in [1.54, 1.807) is 18.2 Å². The Bertz CT molecular complexity index is 920. The Morgan fingerprint density at radius 1 is 0.900 bits per heavy atom. The van der Waals surface area contributed by atoms with Crippen LogP contribution in [0.5, 0.6) is 0 Å². The predicted molar refractivity (Wildman–Crippen MR) is 117 cm³/mol. The number of halogens is 3. The van der Waals surface area contributed by atoms with Crippen molar-refractivity contribution in [3.63, 3.8) is 0 Å². The van der Waals surface area contributed by atoms with Crippen LogP contribution < -0.4 is 0 Å². The number of rotatable bonds is 6. The summed E-state index contributed by atoms with van der Waals surface area (Å²) in [4.78, 5) is 0. The third kappa shape index (κ3) is 4.36. The second kappa shape index (κ2) is 9.41. The van der Waals surface area contributed by atoms with Gasteiger partial charge in [-0.2, -0.15) is 0 Å². The maximum absolute atomic E-state index is 15.0. The molecule has 1 fully saturated rings. The molecule has 2 aromatic carbocycles. The molecule has 0 spiro atoms. The smallest absolute Gasteiger partial charge is 0.166 e. The molecule has 0 nitrogen and oxygen atoms in total. The molecular formula is C27H31F3. The summed E-state index contributed by atoms with van der Waals surface area (Å²) in [5, 5.41) is 0. The topological polar surface area (TPSA) is 0 Å². The summed E-state index contributed by atoms with van der Waals surface area (Å²) in [6.07, 6.45) is 11.9. The van der Waals surface area contributed by atoms with Crippen LogP contribution in [-0.2, 0) is 12.8 Å². The van der Waals surface area contributed by atoms with Crippen molar-refractivity contribution in [1.82, 2.24) is 0 Å². The quantitative estimate of drug-likeness (QED) is 0.420. The third-order valence-corrected chi connectivity index (χ3v) is 7.11. The maximum Gasteiger partial charge on any atom is 0.166 e. The normalized spacial score (nSPS) is 21.3. The van der Waals surface area contributed by atoms with Crippen LogP contribution in [0.3, 0.4) is 0 Å². The Balaban J connectivity index is 1.47. The van der Waals surface area contributed by atoms with Crippen molar-refractivity contribution in [2.75, 3.05) is 0 Å². The molecule has 2 aliphatic carbocycles. The zero-order valence-corrected chi connectivity index (χ0v) is 17.8. The van der Waals surface area contributed by atoms with Gasteiger partial charge in [-0.1, -0.05) is 62.9 Å². The van der Waals surface area contributed by atoms with E-state index in [0.29, 0.717) is 29.5 Å². The number of allylic oxidation sites excluding steroid dienone is 2. The van der Waals surface area contributed by atoms with E-state index in [-0.39, 0.29) is 11.7 Å². The van der Waals surface area contributed by atoms with Gasteiger partial charge in [0.15, 0.2) is 11.6 Å². The fourth-order valence-corrected chi connectivity index (χ4v) is 5.28. The highest BCUT2D eigenvalue weighted by Crippen LogP contribution is 2.40. The minimum Gasteiger partial charge on any atom is -0.207 e. The van der Waals surface area contributed by atoms with E-state index in [4.69, 9.17) is 0 Å². The lowest BCUT2D eigenvalue weighted by Crippen LogP contribution is -2.15. The average molecular weight is 413 g/mol. The van der Waals surface area contributed by atoms with Crippen molar-refractivity contribution in [3.05, 3.63) is 76.1 Å². The monoisotopic (exact) mass is 412 g/mol. The van der Waals surface area contributed by atoms with Crippen LogP contribution in [0.25, 0.3) is 5.57 Å². The van der Waals surface area contributed by atoms with Crippen molar-refractivity contribution < 1.29 is 13.2 Å². The van der Waals surface area contributed by atoms with Gasteiger partial charge < -0.3 is 0 Å². The first-order valence-corrected chi connectivity index (χ1v) is 11.5. The second-order valence-electron chi connectivity index (χ2n) is 9.03. The Kier molecular flexibility index (Phi) is 6.65. The van der Waals surface area contributed by atoms with Crippen LogP contribution in [0.1, 0.15) is 86.5 Å². The number of fused-ring (bicyclic) bond motifs is 1. The molecule has 0 N–H and O–H groups in total. The molecule has 0 aliphatic heterocycles. The highest BCUT2D eigenvalue weighted by atomic mass is 19.2. The van der Waals surface area contributed by atoms with Gasteiger partial charge in [-0.05, 0) is 78.7 Å². The SMILES string of the molecule is CCCCCC1CCC(c2ccc(C3=CCc4c(F)cccc4C3)c(F)c2F)CC1. The van der Waals surface area contributed by atoms with Crippen molar-refractivity contribution in [2.24, 2.45) is 5.92 Å². The molecule has 1 saturated carbocycles. The zero-order valence-electron chi connectivity index (χ0n) is 17.8. The molecule has 160 valence electrons. The molecule has 0 radical (unpaired) electrons. The minimum atomic E-state index is -0.747. The Morgan fingerprint density at radius 3 is 2.47 bits per heavy atom. The Labute approximate surface area is 178 Å². The molecule has 3 heteroatoms. The second-order valence-corrected chi connectivity index (χ2v) is 9.03. The van der Waals surface area contributed by atoms with Gasteiger partial charge in [0.1, 0.15) is 5.82 Å². The third-order valence-electron chi connectivity index (χ3n) is 7.11. The van der Waals surface area contributed by atoms with Crippen molar-refractivity contribution in [2.45, 2.75) is 77.0 Å². The van der Waals surface area contributed by atoms with E-state index in [0.717, 1.165) is 42.7 Å². The average Bonchev–Trinajstić information content (AvgIpc) is 2.76. The first-order chi connectivity index (χ1) is 14.6. The molecule has 0 unspecified atom stereocenters. The molecule has 30 heavy (non-hydrogen) atoms. The van der Waals surface area contributed by atoms with Crippen LogP contribution in [-0.4, -0.2) is 0 Å². The van der Waals surface area contributed by atoms with E-state index in [2.05, 4.69) is 6.92 Å². The van der Waals surface area contributed by atoms with Crippen molar-refractivity contribution >= 4 is 5.57 Å². The van der Waals surface area contributed by atoms with Crippen LogP contribution >= 0.6 is 0 Å². The Morgan fingerprint density at radius 2 is 1.70 bits per heavy atom. The van der Waals surface area contributed by atoms with E-state index < -0.39 is 11.6 Å². The van der Waals surface area contributed by atoms with Crippen LogP contribution in [0.15, 0.2) is 36.4 Å². The molecule has 0 atom stereocenters. The van der Waals surface area contributed by atoms with Crippen LogP contribution in [0, 0.1) is 23.4 Å². The lowest BCUT2D eigenvalue weighted by atomic mass is 9.76. The first kappa shape index (κ1) is 21.2. The number of hydrogen-bond acceptors (Lipinski definition) is 0. The van der Waals surface area contributed by atoms with Gasteiger partial charge in [-0.15, -0.1) is 0 Å². The Hall–Kier alpha value is -2.03. The summed E-state index contributed by atoms with van der Waals surface area (Å²) < 4.78 is 44.0. The van der Waals surface area contributed by atoms with Crippen LogP contribution in [0.4, 0.5) is 13.2 Å². The summed E-state index contributed by atoms with van der Waals surface area (Å²) in [6, 6.07) is 8.52. The molecule has 0 aromatic heterocycles. The summed E-state index contributed by atoms with van der Waals surface area (Å²) in [5.41, 5.74) is 3.12. The van der Waals surface area contributed by atoms with Gasteiger partial charge in [0.05, 0.1) is 0 Å². The summed E-state index contributed by atoms with van der Waals surface area (Å²) in [7, 11) is 0. The van der Waals surface area contributed by atoms with E-state index in [1.807, 2.05) is 12.1 Å². The fraction of sp³-hybridized carbons (Fsp3) is 0.481. The highest BCUT2D eigenvalue weighted by Gasteiger charge is 2.27. The molecule has 0 bridgehead atoms. The van der Waals surface area contributed by atoms with Crippen LogP contribution in [0.2, 0.25) is 0 Å². The molecule has 2 aliphatic rings. The van der Waals surface area contributed by atoms with E-state index >= 15 is 8.78 Å². The standard InChI is InChI=1S/C27H31F3/c1-2-3-4-6-18-9-11-19(12-10-18)23-15-16-24(27(30)26(23)29)21-13-14-22-20(17-21)7-5-8-25(22)28/h5,7-8,13,15-16,18-19H,2-4,6,9-12,14,17H2,1H3. The van der Waals surface area contributed by atoms with Gasteiger partial charge in [-0.25, -0.2) is 13.2 Å². The predicted octanol–water partition coefficient (Wildman–Crippen LogP) is 8.14. The molecular weight excluding hydrogens is 381 g/mol. The number of benzene rings is 2. The largest absolute Gasteiger partial charge is 0.207 e. The molecule has 0 saturated heterocycles. The van der Waals surface area contributed by atoms with Gasteiger partial charge in [0.25, 0.3) is 0 Å². The van der Waals surface area contributed by atoms with E-state index in [1.165, 1.54) is 31.7 Å².